The van der Waals surface area contributed by atoms with E-state index in [2.05, 4.69) is 52.3 Å². The van der Waals surface area contributed by atoms with Crippen LogP contribution in [0, 0.1) is 33.8 Å². The summed E-state index contributed by atoms with van der Waals surface area (Å²) in [6.07, 6.45) is 4.12. The third-order valence-corrected chi connectivity index (χ3v) is 7.85. The topological polar surface area (TPSA) is 80.5 Å². The van der Waals surface area contributed by atoms with E-state index in [4.69, 9.17) is 0 Å². The number of anilines is 1. The smallest absolute Gasteiger partial charge is 0.270 e. The van der Waals surface area contributed by atoms with Gasteiger partial charge in [0.05, 0.1) is 22.4 Å². The third-order valence-electron chi connectivity index (χ3n) is 7.21. The largest absolute Gasteiger partial charge is 0.274 e. The van der Waals surface area contributed by atoms with Gasteiger partial charge in [-0.3, -0.25) is 19.7 Å². The van der Waals surface area contributed by atoms with Gasteiger partial charge in [0.1, 0.15) is 0 Å². The summed E-state index contributed by atoms with van der Waals surface area (Å²) in [5.74, 6) is -1.86. The number of amides is 2. The van der Waals surface area contributed by atoms with Gasteiger partial charge in [0, 0.05) is 28.4 Å². The van der Waals surface area contributed by atoms with Crippen LogP contribution in [0.3, 0.4) is 0 Å². The maximum atomic E-state index is 13.7. The Morgan fingerprint density at radius 2 is 1.31 bits per heavy atom. The number of allylic oxidation sites excluding steroid dienone is 3. The number of non-ortho nitro benzene ring substituents is 1. The van der Waals surface area contributed by atoms with E-state index >= 15 is 0 Å². The van der Waals surface area contributed by atoms with Gasteiger partial charge in [0.25, 0.3) is 5.69 Å². The van der Waals surface area contributed by atoms with Crippen LogP contribution < -0.4 is 4.90 Å². The Bertz CT molecular complexity index is 1370. The first kappa shape index (κ1) is 21.7. The number of nitro groups is 1. The molecule has 0 N–H and O–H groups in total. The van der Waals surface area contributed by atoms with Crippen molar-refractivity contribution < 1.29 is 14.5 Å². The monoisotopic (exact) mass is 526 g/mol. The molecule has 6 rings (SSSR count). The molecule has 2 bridgehead atoms. The Morgan fingerprint density at radius 1 is 0.800 bits per heavy atom. The molecule has 7 heteroatoms. The van der Waals surface area contributed by atoms with E-state index in [1.807, 2.05) is 36.4 Å². The van der Waals surface area contributed by atoms with Crippen LogP contribution in [0.15, 0.2) is 101 Å². The SMILES string of the molecule is O=C1[C@H]2[C@H](C(=O)N1c1ccc([N+](=O)[O-])cc1Br)[C@H]1C=C[C@H]2C1=C(c1ccccc1)c1ccccc1. The van der Waals surface area contributed by atoms with Gasteiger partial charge in [-0.05, 0) is 44.3 Å². The van der Waals surface area contributed by atoms with E-state index in [9.17, 15) is 19.7 Å². The van der Waals surface area contributed by atoms with Gasteiger partial charge in [-0.2, -0.15) is 0 Å². The van der Waals surface area contributed by atoms with Crippen molar-refractivity contribution in [1.82, 2.24) is 0 Å². The van der Waals surface area contributed by atoms with Crippen LogP contribution in [0.25, 0.3) is 5.57 Å². The highest BCUT2D eigenvalue weighted by Crippen LogP contribution is 2.59. The minimum atomic E-state index is -0.507. The second kappa shape index (κ2) is 8.13. The molecule has 3 aromatic carbocycles. The molecule has 6 nitrogen and oxygen atoms in total. The van der Waals surface area contributed by atoms with E-state index in [-0.39, 0.29) is 29.3 Å². The van der Waals surface area contributed by atoms with Crippen LogP contribution in [-0.2, 0) is 9.59 Å². The summed E-state index contributed by atoms with van der Waals surface area (Å²) in [7, 11) is 0. The zero-order valence-electron chi connectivity index (χ0n) is 18.4. The number of imide groups is 1. The molecular weight excluding hydrogens is 508 g/mol. The molecule has 1 saturated heterocycles. The molecule has 172 valence electrons. The van der Waals surface area contributed by atoms with Crippen LogP contribution in [0.2, 0.25) is 0 Å². The van der Waals surface area contributed by atoms with Crippen molar-refractivity contribution in [1.29, 1.82) is 0 Å². The predicted octanol–water partition coefficient (Wildman–Crippen LogP) is 5.78. The minimum absolute atomic E-state index is 0.109. The molecule has 0 aromatic heterocycles. The molecule has 3 aliphatic rings. The highest BCUT2D eigenvalue weighted by molar-refractivity contribution is 9.10. The number of rotatable bonds is 4. The summed E-state index contributed by atoms with van der Waals surface area (Å²) in [6.45, 7) is 0. The average Bonchev–Trinajstić information content (AvgIpc) is 3.50. The number of carbonyl (C=O) groups excluding carboxylic acids is 2. The van der Waals surface area contributed by atoms with Crippen LogP contribution in [0.5, 0.6) is 0 Å². The summed E-state index contributed by atoms with van der Waals surface area (Å²) < 4.78 is 0.346. The first-order valence-electron chi connectivity index (χ1n) is 11.3. The lowest BCUT2D eigenvalue weighted by molar-refractivity contribution is -0.384. The fourth-order valence-corrected chi connectivity index (χ4v) is 6.38. The Hall–Kier alpha value is -3.84. The zero-order chi connectivity index (χ0) is 24.3. The van der Waals surface area contributed by atoms with Gasteiger partial charge in [0.15, 0.2) is 0 Å². The van der Waals surface area contributed by atoms with Crippen LogP contribution in [0.4, 0.5) is 11.4 Å². The van der Waals surface area contributed by atoms with Crippen LogP contribution in [-0.4, -0.2) is 16.7 Å². The van der Waals surface area contributed by atoms with Gasteiger partial charge in [-0.15, -0.1) is 0 Å². The number of fused-ring (bicyclic) bond motifs is 5. The molecule has 2 fully saturated rings. The quantitative estimate of drug-likeness (QED) is 0.187. The molecular formula is C28H19BrN2O4. The summed E-state index contributed by atoms with van der Waals surface area (Å²) in [6, 6.07) is 24.3. The second-order valence-corrected chi connectivity index (χ2v) is 9.81. The van der Waals surface area contributed by atoms with Gasteiger partial charge in [-0.25, -0.2) is 4.90 Å². The van der Waals surface area contributed by atoms with Crippen molar-refractivity contribution in [2.45, 2.75) is 0 Å². The molecule has 1 aliphatic heterocycles. The molecule has 2 amide bonds. The average molecular weight is 527 g/mol. The molecule has 35 heavy (non-hydrogen) atoms. The molecule has 0 unspecified atom stereocenters. The molecule has 1 heterocycles. The second-order valence-electron chi connectivity index (χ2n) is 8.96. The lowest BCUT2D eigenvalue weighted by Gasteiger charge is -2.22. The fraction of sp³-hybridized carbons (Fsp3) is 0.143. The van der Waals surface area contributed by atoms with Crippen molar-refractivity contribution >= 4 is 44.7 Å². The third kappa shape index (κ3) is 3.22. The number of nitrogens with zero attached hydrogens (tertiary/aromatic N) is 2. The van der Waals surface area contributed by atoms with Gasteiger partial charge >= 0.3 is 0 Å². The number of benzene rings is 3. The van der Waals surface area contributed by atoms with Crippen molar-refractivity contribution in [3.8, 4) is 0 Å². The van der Waals surface area contributed by atoms with Crippen molar-refractivity contribution in [2.24, 2.45) is 23.7 Å². The minimum Gasteiger partial charge on any atom is -0.274 e. The van der Waals surface area contributed by atoms with E-state index < -0.39 is 16.8 Å². The number of hydrogen-bond acceptors (Lipinski definition) is 4. The highest BCUT2D eigenvalue weighted by atomic mass is 79.9. The fourth-order valence-electron chi connectivity index (χ4n) is 5.83. The number of hydrogen-bond donors (Lipinski definition) is 0. The van der Waals surface area contributed by atoms with Crippen molar-refractivity contribution in [2.75, 3.05) is 4.90 Å². The summed E-state index contributed by atoms with van der Waals surface area (Å²) in [5.41, 5.74) is 4.54. The van der Waals surface area contributed by atoms with Gasteiger partial charge < -0.3 is 0 Å². The van der Waals surface area contributed by atoms with E-state index in [1.165, 1.54) is 23.1 Å². The summed E-state index contributed by atoms with van der Waals surface area (Å²) in [5, 5.41) is 11.1. The molecule has 2 aliphatic carbocycles. The molecule has 0 radical (unpaired) electrons. The Morgan fingerprint density at radius 3 is 1.77 bits per heavy atom. The number of nitro benzene ring substituents is 1. The normalized spacial score (nSPS) is 24.3. The lowest BCUT2D eigenvalue weighted by Crippen LogP contribution is -2.33. The first-order valence-corrected chi connectivity index (χ1v) is 12.1. The Balaban J connectivity index is 1.46. The molecule has 3 aromatic rings. The van der Waals surface area contributed by atoms with Crippen molar-refractivity contribution in [3.05, 3.63) is 122 Å². The maximum Gasteiger partial charge on any atom is 0.270 e. The highest BCUT2D eigenvalue weighted by Gasteiger charge is 2.62. The zero-order valence-corrected chi connectivity index (χ0v) is 20.0. The van der Waals surface area contributed by atoms with E-state index in [0.29, 0.717) is 10.2 Å². The lowest BCUT2D eigenvalue weighted by atomic mass is 9.85. The van der Waals surface area contributed by atoms with Crippen molar-refractivity contribution in [3.63, 3.8) is 0 Å². The summed E-state index contributed by atoms with van der Waals surface area (Å²) >= 11 is 3.33. The Labute approximate surface area is 209 Å². The van der Waals surface area contributed by atoms with E-state index in [0.717, 1.165) is 22.3 Å². The first-order chi connectivity index (χ1) is 17.0. The van der Waals surface area contributed by atoms with E-state index in [1.54, 1.807) is 0 Å². The van der Waals surface area contributed by atoms with Crippen LogP contribution in [0.1, 0.15) is 11.1 Å². The Kier molecular flexibility index (Phi) is 5.04. The van der Waals surface area contributed by atoms with Gasteiger partial charge in [0.2, 0.25) is 11.8 Å². The molecule has 0 spiro atoms. The molecule has 1 saturated carbocycles. The van der Waals surface area contributed by atoms with Gasteiger partial charge in [-0.1, -0.05) is 72.8 Å². The molecule has 4 atom stereocenters. The standard InChI is InChI=1S/C28H19BrN2O4/c29-21-15-18(31(34)35)11-14-22(21)30-27(32)25-19-12-13-20(26(25)28(30)33)24(19)23(16-7-3-1-4-8-16)17-9-5-2-6-10-17/h1-15,19-20,25-26H/t19-,20-,25+,26+/m0/s1. The number of halogens is 1. The summed E-state index contributed by atoms with van der Waals surface area (Å²) in [4.78, 5) is 39.2. The van der Waals surface area contributed by atoms with Crippen LogP contribution >= 0.6 is 15.9 Å². The number of carbonyl (C=O) groups is 2. The predicted molar refractivity (Wildman–Crippen MR) is 135 cm³/mol. The maximum absolute atomic E-state index is 13.7.